The third-order valence-corrected chi connectivity index (χ3v) is 5.61. The zero-order valence-corrected chi connectivity index (χ0v) is 16.6. The summed E-state index contributed by atoms with van der Waals surface area (Å²) in [4.78, 5) is 42.6. The molecular weight excluding hydrogens is 361 g/mol. The van der Waals surface area contributed by atoms with Gasteiger partial charge in [0.1, 0.15) is 5.82 Å². The average molecular weight is 389 g/mol. The molecule has 0 radical (unpaired) electrons. The van der Waals surface area contributed by atoms with Gasteiger partial charge in [-0.2, -0.15) is 0 Å². The van der Waals surface area contributed by atoms with Gasteiger partial charge >= 0.3 is 0 Å². The van der Waals surface area contributed by atoms with E-state index >= 15 is 0 Å². The fraction of sp³-hybridized carbons (Fsp3) is 0.571. The molecule has 7 heteroatoms. The lowest BCUT2D eigenvalue weighted by atomic mass is 10.0. The van der Waals surface area contributed by atoms with E-state index in [2.05, 4.69) is 0 Å². The van der Waals surface area contributed by atoms with Crippen LogP contribution in [-0.4, -0.2) is 64.6 Å². The fourth-order valence-electron chi connectivity index (χ4n) is 3.90. The van der Waals surface area contributed by atoms with Crippen LogP contribution in [0.5, 0.6) is 0 Å². The zero-order valence-electron chi connectivity index (χ0n) is 16.6. The molecule has 152 valence electrons. The summed E-state index contributed by atoms with van der Waals surface area (Å²) in [6, 6.07) is 6.04. The van der Waals surface area contributed by atoms with Gasteiger partial charge in [0.15, 0.2) is 0 Å². The van der Waals surface area contributed by atoms with Crippen LogP contribution >= 0.6 is 0 Å². The topological polar surface area (TPSA) is 60.9 Å². The van der Waals surface area contributed by atoms with Crippen LogP contribution in [0, 0.1) is 11.7 Å². The van der Waals surface area contributed by atoms with Crippen LogP contribution in [0.1, 0.15) is 38.7 Å². The minimum atomic E-state index is -0.306. The third kappa shape index (κ3) is 4.69. The highest BCUT2D eigenvalue weighted by Gasteiger charge is 2.34. The van der Waals surface area contributed by atoms with Gasteiger partial charge in [-0.15, -0.1) is 0 Å². The van der Waals surface area contributed by atoms with Crippen molar-refractivity contribution in [2.24, 2.45) is 5.92 Å². The van der Waals surface area contributed by atoms with Gasteiger partial charge in [-0.05, 0) is 30.0 Å². The van der Waals surface area contributed by atoms with Crippen molar-refractivity contribution >= 4 is 17.7 Å². The highest BCUT2D eigenvalue weighted by Crippen LogP contribution is 2.22. The summed E-state index contributed by atoms with van der Waals surface area (Å²) >= 11 is 0. The molecule has 2 heterocycles. The highest BCUT2D eigenvalue weighted by atomic mass is 19.1. The van der Waals surface area contributed by atoms with E-state index in [1.54, 1.807) is 21.9 Å². The summed E-state index contributed by atoms with van der Waals surface area (Å²) in [5, 5.41) is 0. The van der Waals surface area contributed by atoms with Crippen molar-refractivity contribution in [1.82, 2.24) is 14.7 Å². The van der Waals surface area contributed by atoms with Crippen LogP contribution in [0.3, 0.4) is 0 Å². The molecule has 1 aromatic rings. The second-order valence-electron chi connectivity index (χ2n) is 7.97. The molecule has 28 heavy (non-hydrogen) atoms. The molecule has 0 bridgehead atoms. The number of nitrogens with zero attached hydrogens (tertiary/aromatic N) is 3. The van der Waals surface area contributed by atoms with E-state index in [4.69, 9.17) is 0 Å². The predicted octanol–water partition coefficient (Wildman–Crippen LogP) is 2.03. The Balaban J connectivity index is 1.72. The quantitative estimate of drug-likeness (QED) is 0.774. The largest absolute Gasteiger partial charge is 0.339 e. The average Bonchev–Trinajstić information content (AvgIpc) is 2.97. The Labute approximate surface area is 165 Å². The van der Waals surface area contributed by atoms with Gasteiger partial charge in [0.25, 0.3) is 0 Å². The Morgan fingerprint density at radius 1 is 1.11 bits per heavy atom. The molecule has 0 N–H and O–H groups in total. The standard InChI is InChI=1S/C21H28FN3O3/c1-15(2)18-13-24(21(28)14-23-10-3-4-19(23)26)11-9-20(27)25(18)12-16-5-7-17(22)8-6-16/h5-8,15,18H,3-4,9-14H2,1-2H3/t18-/m0/s1. The Morgan fingerprint density at radius 3 is 2.43 bits per heavy atom. The molecule has 0 spiro atoms. The molecule has 0 saturated carbocycles. The first-order valence-electron chi connectivity index (χ1n) is 9.94. The van der Waals surface area contributed by atoms with E-state index in [9.17, 15) is 18.8 Å². The Hall–Kier alpha value is -2.44. The van der Waals surface area contributed by atoms with E-state index in [0.29, 0.717) is 32.6 Å². The second kappa shape index (κ2) is 8.71. The molecule has 1 atom stereocenters. The minimum Gasteiger partial charge on any atom is -0.339 e. The van der Waals surface area contributed by atoms with Gasteiger partial charge < -0.3 is 14.7 Å². The normalized spacial score (nSPS) is 20.9. The summed E-state index contributed by atoms with van der Waals surface area (Å²) in [7, 11) is 0. The monoisotopic (exact) mass is 389 g/mol. The number of halogens is 1. The molecule has 3 rings (SSSR count). The first-order chi connectivity index (χ1) is 13.3. The van der Waals surface area contributed by atoms with Gasteiger partial charge in [0.05, 0.1) is 12.6 Å². The molecule has 0 aliphatic carbocycles. The smallest absolute Gasteiger partial charge is 0.242 e. The van der Waals surface area contributed by atoms with E-state index < -0.39 is 0 Å². The SMILES string of the molecule is CC(C)[C@@H]1CN(C(=O)CN2CCCC2=O)CCC(=O)N1Cc1ccc(F)cc1. The Morgan fingerprint density at radius 2 is 1.82 bits per heavy atom. The van der Waals surface area contributed by atoms with Gasteiger partial charge in [-0.3, -0.25) is 14.4 Å². The summed E-state index contributed by atoms with van der Waals surface area (Å²) < 4.78 is 13.2. The van der Waals surface area contributed by atoms with Crippen molar-refractivity contribution in [3.63, 3.8) is 0 Å². The van der Waals surface area contributed by atoms with Crippen LogP contribution in [0.25, 0.3) is 0 Å². The van der Waals surface area contributed by atoms with Crippen LogP contribution in [0.15, 0.2) is 24.3 Å². The maximum Gasteiger partial charge on any atom is 0.242 e. The number of rotatable bonds is 5. The first kappa shape index (κ1) is 20.3. The second-order valence-corrected chi connectivity index (χ2v) is 7.97. The van der Waals surface area contributed by atoms with Crippen LogP contribution in [0.4, 0.5) is 4.39 Å². The summed E-state index contributed by atoms with van der Waals surface area (Å²) in [5.41, 5.74) is 0.864. The predicted molar refractivity (Wildman–Crippen MR) is 103 cm³/mol. The van der Waals surface area contributed by atoms with Crippen molar-refractivity contribution < 1.29 is 18.8 Å². The molecule has 2 aliphatic rings. The van der Waals surface area contributed by atoms with Crippen LogP contribution < -0.4 is 0 Å². The number of hydrogen-bond acceptors (Lipinski definition) is 3. The van der Waals surface area contributed by atoms with Crippen LogP contribution in [0.2, 0.25) is 0 Å². The molecule has 6 nitrogen and oxygen atoms in total. The Kier molecular flexibility index (Phi) is 6.31. The Bertz CT molecular complexity index is 735. The van der Waals surface area contributed by atoms with Crippen molar-refractivity contribution in [1.29, 1.82) is 0 Å². The number of hydrogen-bond donors (Lipinski definition) is 0. The third-order valence-electron chi connectivity index (χ3n) is 5.61. The lowest BCUT2D eigenvalue weighted by Crippen LogP contribution is -2.48. The summed E-state index contributed by atoms with van der Waals surface area (Å²) in [6.07, 6.45) is 1.56. The minimum absolute atomic E-state index is 0.00410. The number of carbonyl (C=O) groups excluding carboxylic acids is 3. The first-order valence-corrected chi connectivity index (χ1v) is 9.94. The molecule has 2 aliphatic heterocycles. The number of amides is 3. The summed E-state index contributed by atoms with van der Waals surface area (Å²) in [5.74, 6) is -0.226. The highest BCUT2D eigenvalue weighted by molar-refractivity contribution is 5.86. The molecule has 2 fully saturated rings. The molecular formula is C21H28FN3O3. The lowest BCUT2D eigenvalue weighted by molar-refractivity contribution is -0.138. The van der Waals surface area contributed by atoms with E-state index in [1.165, 1.54) is 12.1 Å². The lowest BCUT2D eigenvalue weighted by Gasteiger charge is -2.35. The number of carbonyl (C=O) groups is 3. The number of benzene rings is 1. The van der Waals surface area contributed by atoms with E-state index in [-0.39, 0.29) is 48.5 Å². The van der Waals surface area contributed by atoms with E-state index in [1.807, 2.05) is 18.7 Å². The van der Waals surface area contributed by atoms with E-state index in [0.717, 1.165) is 12.0 Å². The van der Waals surface area contributed by atoms with Crippen LogP contribution in [-0.2, 0) is 20.9 Å². The molecule has 0 unspecified atom stereocenters. The maximum absolute atomic E-state index is 13.2. The van der Waals surface area contributed by atoms with Crippen molar-refractivity contribution in [2.75, 3.05) is 26.2 Å². The molecule has 3 amide bonds. The van der Waals surface area contributed by atoms with Crippen molar-refractivity contribution in [3.8, 4) is 0 Å². The molecule has 0 aromatic heterocycles. The van der Waals surface area contributed by atoms with Crippen molar-refractivity contribution in [3.05, 3.63) is 35.6 Å². The zero-order chi connectivity index (χ0) is 20.3. The van der Waals surface area contributed by atoms with Gasteiger partial charge in [0, 0.05) is 39.0 Å². The fourth-order valence-corrected chi connectivity index (χ4v) is 3.90. The number of likely N-dealkylation sites (tertiary alicyclic amines) is 1. The molecule has 1 aromatic carbocycles. The van der Waals surface area contributed by atoms with Crippen molar-refractivity contribution in [2.45, 2.75) is 45.7 Å². The molecule has 2 saturated heterocycles. The van der Waals surface area contributed by atoms with Gasteiger partial charge in [0.2, 0.25) is 17.7 Å². The summed E-state index contributed by atoms with van der Waals surface area (Å²) in [6.45, 7) is 6.00. The van der Waals surface area contributed by atoms with Gasteiger partial charge in [-0.1, -0.05) is 26.0 Å². The maximum atomic E-state index is 13.2. The van der Waals surface area contributed by atoms with Gasteiger partial charge in [-0.25, -0.2) is 4.39 Å².